The summed E-state index contributed by atoms with van der Waals surface area (Å²) in [7, 11) is 0. The van der Waals surface area contributed by atoms with Crippen LogP contribution in [-0.4, -0.2) is 23.2 Å². The standard InChI is InChI=1S/C15H11F6NO2/c1-22-6-4-7(5-6)24-9-3-2-8-10(11(9)13(16)17)12(23)15(20,21)14(8,18)19/h2-3,6-7,12-13,23H,4-5H2. The average molecular weight is 351 g/mol. The summed E-state index contributed by atoms with van der Waals surface area (Å²) < 4.78 is 86.7. The van der Waals surface area contributed by atoms with Gasteiger partial charge in [0.15, 0.2) is 6.10 Å². The third-order valence-electron chi connectivity index (χ3n) is 4.39. The van der Waals surface area contributed by atoms with Gasteiger partial charge in [-0.2, -0.15) is 17.6 Å². The number of aliphatic hydroxyl groups is 1. The van der Waals surface area contributed by atoms with Crippen LogP contribution in [0, 0.1) is 6.57 Å². The summed E-state index contributed by atoms with van der Waals surface area (Å²) in [4.78, 5) is 3.23. The molecule has 130 valence electrons. The number of hydrogen-bond donors (Lipinski definition) is 1. The average Bonchev–Trinajstić information content (AvgIpc) is 2.60. The summed E-state index contributed by atoms with van der Waals surface area (Å²) in [5, 5.41) is 9.53. The van der Waals surface area contributed by atoms with E-state index in [0.717, 1.165) is 6.07 Å². The van der Waals surface area contributed by atoms with Gasteiger partial charge in [-0.05, 0) is 12.1 Å². The van der Waals surface area contributed by atoms with Crippen LogP contribution < -0.4 is 4.74 Å². The predicted octanol–water partition coefficient (Wildman–Crippen LogP) is 4.23. The lowest BCUT2D eigenvalue weighted by atomic mass is 9.90. The minimum atomic E-state index is -4.89. The first-order chi connectivity index (χ1) is 11.1. The summed E-state index contributed by atoms with van der Waals surface area (Å²) in [6.45, 7) is 6.80. The molecule has 2 aliphatic rings. The van der Waals surface area contributed by atoms with Crippen molar-refractivity contribution in [3.05, 3.63) is 40.2 Å². The van der Waals surface area contributed by atoms with Crippen LogP contribution in [0.25, 0.3) is 4.85 Å². The fourth-order valence-electron chi connectivity index (χ4n) is 2.96. The molecule has 0 heterocycles. The Balaban J connectivity index is 2.03. The summed E-state index contributed by atoms with van der Waals surface area (Å²) >= 11 is 0. The topological polar surface area (TPSA) is 33.8 Å². The van der Waals surface area contributed by atoms with E-state index in [-0.39, 0.29) is 18.9 Å². The fraction of sp³-hybridized carbons (Fsp3) is 0.533. The number of hydrogen-bond acceptors (Lipinski definition) is 2. The number of alkyl halides is 6. The predicted molar refractivity (Wildman–Crippen MR) is 69.2 cm³/mol. The van der Waals surface area contributed by atoms with E-state index in [0.29, 0.717) is 6.07 Å². The second-order valence-electron chi connectivity index (χ2n) is 5.83. The van der Waals surface area contributed by atoms with Crippen molar-refractivity contribution in [2.45, 2.75) is 49.4 Å². The molecule has 1 aromatic carbocycles. The molecule has 0 aromatic heterocycles. The normalized spacial score (nSPS) is 29.7. The van der Waals surface area contributed by atoms with Crippen LogP contribution in [0.3, 0.4) is 0 Å². The van der Waals surface area contributed by atoms with Gasteiger partial charge >= 0.3 is 11.8 Å². The second-order valence-corrected chi connectivity index (χ2v) is 5.83. The van der Waals surface area contributed by atoms with Gasteiger partial charge < -0.3 is 14.7 Å². The molecule has 0 spiro atoms. The highest BCUT2D eigenvalue weighted by Gasteiger charge is 2.69. The van der Waals surface area contributed by atoms with Crippen molar-refractivity contribution in [3.63, 3.8) is 0 Å². The van der Waals surface area contributed by atoms with E-state index < -0.39 is 52.9 Å². The fourth-order valence-corrected chi connectivity index (χ4v) is 2.96. The zero-order valence-corrected chi connectivity index (χ0v) is 11.9. The molecule has 2 aliphatic carbocycles. The Bertz CT molecular complexity index is 709. The number of ether oxygens (including phenoxy) is 1. The van der Waals surface area contributed by atoms with Crippen LogP contribution >= 0.6 is 0 Å². The van der Waals surface area contributed by atoms with E-state index in [4.69, 9.17) is 11.3 Å². The molecule has 1 N–H and O–H groups in total. The Hall–Kier alpha value is -1.95. The van der Waals surface area contributed by atoms with E-state index in [1.165, 1.54) is 0 Å². The van der Waals surface area contributed by atoms with Crippen LogP contribution in [0.1, 0.15) is 42.1 Å². The molecule has 3 rings (SSSR count). The maximum atomic E-state index is 13.7. The third kappa shape index (κ3) is 2.16. The van der Waals surface area contributed by atoms with E-state index in [9.17, 15) is 31.4 Å². The van der Waals surface area contributed by atoms with Crippen molar-refractivity contribution < 1.29 is 36.2 Å². The molecule has 1 fully saturated rings. The van der Waals surface area contributed by atoms with Crippen molar-refractivity contribution >= 4 is 0 Å². The van der Waals surface area contributed by atoms with E-state index >= 15 is 0 Å². The molecular weight excluding hydrogens is 340 g/mol. The smallest absolute Gasteiger partial charge is 0.343 e. The molecule has 0 bridgehead atoms. The summed E-state index contributed by atoms with van der Waals surface area (Å²) in [5.74, 6) is -10.2. The summed E-state index contributed by atoms with van der Waals surface area (Å²) in [6.07, 6.45) is -6.45. The van der Waals surface area contributed by atoms with E-state index in [1.807, 2.05) is 0 Å². The first kappa shape index (κ1) is 16.9. The van der Waals surface area contributed by atoms with Crippen LogP contribution in [0.5, 0.6) is 5.75 Å². The molecule has 0 saturated heterocycles. The number of fused-ring (bicyclic) bond motifs is 1. The molecule has 9 heteroatoms. The molecule has 1 aromatic rings. The van der Waals surface area contributed by atoms with Crippen molar-refractivity contribution in [3.8, 4) is 5.75 Å². The molecule has 1 atom stereocenters. The number of aliphatic hydroxyl groups excluding tert-OH is 1. The van der Waals surface area contributed by atoms with Crippen molar-refractivity contribution in [2.24, 2.45) is 0 Å². The van der Waals surface area contributed by atoms with Crippen molar-refractivity contribution in [1.29, 1.82) is 0 Å². The maximum absolute atomic E-state index is 13.7. The first-order valence-corrected chi connectivity index (χ1v) is 7.03. The Morgan fingerprint density at radius 3 is 2.38 bits per heavy atom. The summed E-state index contributed by atoms with van der Waals surface area (Å²) in [6, 6.07) is 1.05. The lowest BCUT2D eigenvalue weighted by molar-refractivity contribution is -0.246. The van der Waals surface area contributed by atoms with Gasteiger partial charge in [-0.15, -0.1) is 0 Å². The van der Waals surface area contributed by atoms with Crippen LogP contribution in [0.2, 0.25) is 0 Å². The third-order valence-corrected chi connectivity index (χ3v) is 4.39. The Kier molecular flexibility index (Phi) is 3.71. The number of benzene rings is 1. The largest absolute Gasteiger partial charge is 0.489 e. The molecule has 24 heavy (non-hydrogen) atoms. The van der Waals surface area contributed by atoms with Crippen LogP contribution in [0.15, 0.2) is 12.1 Å². The number of nitrogens with zero attached hydrogens (tertiary/aromatic N) is 1. The van der Waals surface area contributed by atoms with Crippen molar-refractivity contribution in [1.82, 2.24) is 0 Å². The molecule has 1 unspecified atom stereocenters. The van der Waals surface area contributed by atoms with Crippen LogP contribution in [0.4, 0.5) is 26.3 Å². The lowest BCUT2D eigenvalue weighted by Gasteiger charge is -2.29. The van der Waals surface area contributed by atoms with Gasteiger partial charge in [0, 0.05) is 11.1 Å². The molecule has 1 saturated carbocycles. The zero-order chi connectivity index (χ0) is 17.9. The second kappa shape index (κ2) is 5.28. The lowest BCUT2D eigenvalue weighted by Crippen LogP contribution is -2.36. The molecule has 0 radical (unpaired) electrons. The monoisotopic (exact) mass is 351 g/mol. The minimum absolute atomic E-state index is 0.276. The quantitative estimate of drug-likeness (QED) is 0.653. The molecule has 0 aliphatic heterocycles. The van der Waals surface area contributed by atoms with Gasteiger partial charge in [-0.1, -0.05) is 0 Å². The van der Waals surface area contributed by atoms with Gasteiger partial charge in [0.2, 0.25) is 6.04 Å². The highest BCUT2D eigenvalue weighted by Crippen LogP contribution is 2.60. The summed E-state index contributed by atoms with van der Waals surface area (Å²) in [5.41, 5.74) is -3.66. The molecule has 3 nitrogen and oxygen atoms in total. The number of rotatable bonds is 3. The Morgan fingerprint density at radius 1 is 1.21 bits per heavy atom. The Labute approximate surface area is 132 Å². The SMILES string of the molecule is [C-]#[N+]C1CC(Oc2ccc3c(c2C(F)F)C(O)C(F)(F)C3(F)F)C1. The van der Waals surface area contributed by atoms with Gasteiger partial charge in [0.25, 0.3) is 6.43 Å². The molecule has 0 amide bonds. The van der Waals surface area contributed by atoms with E-state index in [1.54, 1.807) is 0 Å². The minimum Gasteiger partial charge on any atom is -0.489 e. The highest BCUT2D eigenvalue weighted by molar-refractivity contribution is 5.53. The first-order valence-electron chi connectivity index (χ1n) is 7.03. The highest BCUT2D eigenvalue weighted by atomic mass is 19.3. The van der Waals surface area contributed by atoms with E-state index in [2.05, 4.69) is 4.85 Å². The molecular formula is C15H11F6NO2. The van der Waals surface area contributed by atoms with Gasteiger partial charge in [0.1, 0.15) is 11.9 Å². The maximum Gasteiger partial charge on any atom is 0.343 e. The van der Waals surface area contributed by atoms with Crippen molar-refractivity contribution in [2.75, 3.05) is 0 Å². The van der Waals surface area contributed by atoms with Gasteiger partial charge in [-0.25, -0.2) is 15.4 Å². The zero-order valence-electron chi connectivity index (χ0n) is 11.9. The van der Waals surface area contributed by atoms with Gasteiger partial charge in [-0.3, -0.25) is 0 Å². The van der Waals surface area contributed by atoms with Gasteiger partial charge in [0.05, 0.1) is 18.4 Å². The Morgan fingerprint density at radius 2 is 1.83 bits per heavy atom. The van der Waals surface area contributed by atoms with Crippen LogP contribution in [-0.2, 0) is 5.92 Å². The number of halogens is 6.